The Balaban J connectivity index is 2.03. The average molecular weight is 305 g/mol. The smallest absolute Gasteiger partial charge is 0.220 e. The summed E-state index contributed by atoms with van der Waals surface area (Å²) >= 11 is 4.78. The summed E-state index contributed by atoms with van der Waals surface area (Å²) in [6, 6.07) is 1.02. The lowest BCUT2D eigenvalue weighted by atomic mass is 9.83. The minimum atomic E-state index is -3.44. The Bertz CT molecular complexity index is 438. The monoisotopic (exact) mass is 305 g/mol. The first-order valence-electron chi connectivity index (χ1n) is 6.83. The number of rotatable bonds is 4. The van der Waals surface area contributed by atoms with Crippen molar-refractivity contribution >= 4 is 27.2 Å². The molecule has 5 nitrogen and oxygen atoms in total. The molecule has 2 aliphatic rings. The van der Waals surface area contributed by atoms with Crippen LogP contribution in [0.5, 0.6) is 0 Å². The van der Waals surface area contributed by atoms with Crippen LogP contribution in [0, 0.1) is 0 Å². The quantitative estimate of drug-likeness (QED) is 0.744. The molecule has 0 aromatic heterocycles. The molecule has 2 heterocycles. The molecule has 0 aliphatic carbocycles. The van der Waals surface area contributed by atoms with Gasteiger partial charge in [0.05, 0.1) is 4.99 Å². The van der Waals surface area contributed by atoms with Crippen molar-refractivity contribution in [2.75, 3.05) is 7.05 Å². The van der Waals surface area contributed by atoms with E-state index in [1.54, 1.807) is 6.92 Å². The Labute approximate surface area is 121 Å². The number of thiocarbonyl (C=S) groups is 1. The highest BCUT2D eigenvalue weighted by molar-refractivity contribution is 7.93. The minimum Gasteiger partial charge on any atom is -0.392 e. The van der Waals surface area contributed by atoms with E-state index in [0.29, 0.717) is 12.1 Å². The van der Waals surface area contributed by atoms with Crippen LogP contribution in [0.3, 0.4) is 0 Å². The molecule has 3 atom stereocenters. The van der Waals surface area contributed by atoms with Crippen molar-refractivity contribution in [3.63, 3.8) is 0 Å². The first kappa shape index (κ1) is 15.2. The summed E-state index contributed by atoms with van der Waals surface area (Å²) in [5.41, 5.74) is 5.45. The van der Waals surface area contributed by atoms with Crippen molar-refractivity contribution in [3.05, 3.63) is 0 Å². The number of piperidine rings is 2. The van der Waals surface area contributed by atoms with Crippen molar-refractivity contribution in [1.82, 2.24) is 9.62 Å². The lowest BCUT2D eigenvalue weighted by molar-refractivity contribution is 0.0536. The van der Waals surface area contributed by atoms with Crippen LogP contribution >= 0.6 is 12.2 Å². The summed E-state index contributed by atoms with van der Waals surface area (Å²) in [7, 11) is -1.29. The van der Waals surface area contributed by atoms with E-state index in [1.165, 1.54) is 6.42 Å². The van der Waals surface area contributed by atoms with Gasteiger partial charge in [0.1, 0.15) is 5.25 Å². The molecular weight excluding hydrogens is 282 g/mol. The van der Waals surface area contributed by atoms with Crippen LogP contribution in [0.1, 0.15) is 39.0 Å². The summed E-state index contributed by atoms with van der Waals surface area (Å²) in [5, 5.41) is -0.804. The molecule has 0 saturated carbocycles. The fourth-order valence-electron chi connectivity index (χ4n) is 3.20. The maximum Gasteiger partial charge on any atom is 0.220 e. The van der Waals surface area contributed by atoms with Crippen molar-refractivity contribution in [3.8, 4) is 0 Å². The maximum atomic E-state index is 12.1. The second-order valence-corrected chi connectivity index (χ2v) is 8.28. The molecular formula is C12H23N3O2S2. The first-order valence-corrected chi connectivity index (χ1v) is 8.79. The number of hydrogen-bond acceptors (Lipinski definition) is 4. The topological polar surface area (TPSA) is 75.4 Å². The molecule has 0 aromatic carbocycles. The van der Waals surface area contributed by atoms with E-state index in [2.05, 4.69) is 16.7 Å². The predicted molar refractivity (Wildman–Crippen MR) is 80.5 cm³/mol. The van der Waals surface area contributed by atoms with Gasteiger partial charge in [0.2, 0.25) is 10.0 Å². The van der Waals surface area contributed by atoms with E-state index in [9.17, 15) is 8.42 Å². The largest absolute Gasteiger partial charge is 0.392 e. The van der Waals surface area contributed by atoms with Crippen LogP contribution in [0.2, 0.25) is 0 Å². The summed E-state index contributed by atoms with van der Waals surface area (Å²) < 4.78 is 27.1. The van der Waals surface area contributed by atoms with E-state index in [-0.39, 0.29) is 11.0 Å². The van der Waals surface area contributed by atoms with Crippen LogP contribution < -0.4 is 10.5 Å². The van der Waals surface area contributed by atoms with Gasteiger partial charge < -0.3 is 10.6 Å². The Hall–Kier alpha value is -0.240. The van der Waals surface area contributed by atoms with Crippen LogP contribution in [-0.2, 0) is 10.0 Å². The number of sulfonamides is 1. The fraction of sp³-hybridized carbons (Fsp3) is 0.917. The van der Waals surface area contributed by atoms with Crippen LogP contribution in [0.25, 0.3) is 0 Å². The van der Waals surface area contributed by atoms with Gasteiger partial charge in [-0.25, -0.2) is 13.1 Å². The van der Waals surface area contributed by atoms with E-state index in [1.807, 2.05) is 0 Å². The third-order valence-corrected chi connectivity index (χ3v) is 6.89. The second kappa shape index (κ2) is 5.63. The lowest BCUT2D eigenvalue weighted by Crippen LogP contribution is -2.56. The van der Waals surface area contributed by atoms with Crippen LogP contribution in [-0.4, -0.2) is 48.7 Å². The van der Waals surface area contributed by atoms with Crippen molar-refractivity contribution in [2.45, 2.75) is 62.4 Å². The van der Waals surface area contributed by atoms with Gasteiger partial charge >= 0.3 is 0 Å². The standard InChI is InChI=1S/C12H23N3O2S2/c1-8(12(13)18)19(16,17)14-9-6-10-4-3-5-11(7-9)15(10)2/h8-11,14H,3-7H2,1-2H3,(H2,13,18). The SMILES string of the molecule is CC(C(N)=S)S(=O)(=O)NC1CC2CCCC(C1)N2C. The Morgan fingerprint density at radius 3 is 2.37 bits per heavy atom. The number of hydrogen-bond donors (Lipinski definition) is 2. The van der Waals surface area contributed by atoms with Crippen molar-refractivity contribution in [2.24, 2.45) is 5.73 Å². The lowest BCUT2D eigenvalue weighted by Gasteiger charge is -2.47. The molecule has 2 bridgehead atoms. The zero-order chi connectivity index (χ0) is 14.2. The number of fused-ring (bicyclic) bond motifs is 2. The molecule has 2 aliphatic heterocycles. The molecule has 0 spiro atoms. The van der Waals surface area contributed by atoms with Gasteiger partial charge in [0, 0.05) is 18.1 Å². The van der Waals surface area contributed by atoms with Gasteiger partial charge in [0.15, 0.2) is 0 Å². The molecule has 0 amide bonds. The van der Waals surface area contributed by atoms with E-state index in [0.717, 1.165) is 25.7 Å². The molecule has 2 saturated heterocycles. The third-order valence-electron chi connectivity index (χ3n) is 4.54. The number of nitrogens with two attached hydrogens (primary N) is 1. The molecule has 110 valence electrons. The van der Waals surface area contributed by atoms with Crippen LogP contribution in [0.15, 0.2) is 0 Å². The Morgan fingerprint density at radius 2 is 1.89 bits per heavy atom. The van der Waals surface area contributed by atoms with Gasteiger partial charge in [-0.05, 0) is 39.7 Å². The molecule has 0 radical (unpaired) electrons. The summed E-state index contributed by atoms with van der Waals surface area (Å²) in [5.74, 6) is 0. The highest BCUT2D eigenvalue weighted by Gasteiger charge is 2.38. The second-order valence-electron chi connectivity index (χ2n) is 5.78. The zero-order valence-corrected chi connectivity index (χ0v) is 13.1. The normalized spacial score (nSPS) is 33.9. The highest BCUT2D eigenvalue weighted by atomic mass is 32.2. The average Bonchev–Trinajstić information content (AvgIpc) is 2.29. The van der Waals surface area contributed by atoms with E-state index >= 15 is 0 Å². The first-order chi connectivity index (χ1) is 8.81. The molecule has 2 rings (SSSR count). The van der Waals surface area contributed by atoms with Gasteiger partial charge in [-0.1, -0.05) is 18.6 Å². The van der Waals surface area contributed by atoms with Crippen LogP contribution in [0.4, 0.5) is 0 Å². The highest BCUT2D eigenvalue weighted by Crippen LogP contribution is 2.32. The third kappa shape index (κ3) is 3.26. The zero-order valence-electron chi connectivity index (χ0n) is 11.5. The fourth-order valence-corrected chi connectivity index (χ4v) is 4.75. The van der Waals surface area contributed by atoms with Gasteiger partial charge in [-0.3, -0.25) is 0 Å². The molecule has 0 aromatic rings. The maximum absolute atomic E-state index is 12.1. The van der Waals surface area contributed by atoms with Gasteiger partial charge in [-0.15, -0.1) is 0 Å². The Morgan fingerprint density at radius 1 is 1.37 bits per heavy atom. The molecule has 3 unspecified atom stereocenters. The minimum absolute atomic E-state index is 0.0216. The Kier molecular flexibility index (Phi) is 4.49. The van der Waals surface area contributed by atoms with Gasteiger partial charge in [0.25, 0.3) is 0 Å². The van der Waals surface area contributed by atoms with Crippen molar-refractivity contribution in [1.29, 1.82) is 0 Å². The predicted octanol–water partition coefficient (Wildman–Crippen LogP) is 0.596. The number of nitrogens with zero attached hydrogens (tertiary/aromatic N) is 1. The number of nitrogens with one attached hydrogen (secondary N) is 1. The van der Waals surface area contributed by atoms with Crippen molar-refractivity contribution < 1.29 is 8.42 Å². The molecule has 3 N–H and O–H groups in total. The molecule has 7 heteroatoms. The molecule has 2 fully saturated rings. The van der Waals surface area contributed by atoms with E-state index in [4.69, 9.17) is 18.0 Å². The van der Waals surface area contributed by atoms with Gasteiger partial charge in [-0.2, -0.15) is 0 Å². The molecule has 19 heavy (non-hydrogen) atoms. The summed E-state index contributed by atoms with van der Waals surface area (Å²) in [6.45, 7) is 1.54. The summed E-state index contributed by atoms with van der Waals surface area (Å²) in [4.78, 5) is 2.44. The summed E-state index contributed by atoms with van der Waals surface area (Å²) in [6.07, 6.45) is 5.35. The van der Waals surface area contributed by atoms with E-state index < -0.39 is 15.3 Å².